The van der Waals surface area contributed by atoms with Crippen molar-refractivity contribution in [2.45, 2.75) is 70.5 Å². The molecule has 7 nitrogen and oxygen atoms in total. The Morgan fingerprint density at radius 1 is 1.21 bits per heavy atom. The molecule has 7 heteroatoms. The van der Waals surface area contributed by atoms with Gasteiger partial charge in [-0.15, -0.1) is 0 Å². The van der Waals surface area contributed by atoms with Crippen LogP contribution < -0.4 is 10.2 Å². The van der Waals surface area contributed by atoms with Crippen molar-refractivity contribution in [1.82, 2.24) is 15.2 Å². The highest BCUT2D eigenvalue weighted by atomic mass is 16.4. The zero-order valence-corrected chi connectivity index (χ0v) is 17.4. The number of carbonyl (C=O) groups excluding carboxylic acids is 1. The zero-order valence-electron chi connectivity index (χ0n) is 17.4. The lowest BCUT2D eigenvalue weighted by Crippen LogP contribution is -2.52. The van der Waals surface area contributed by atoms with E-state index in [0.717, 1.165) is 32.4 Å². The normalized spacial score (nSPS) is 26.0. The van der Waals surface area contributed by atoms with Gasteiger partial charge in [0.1, 0.15) is 17.3 Å². The Morgan fingerprint density at radius 3 is 2.79 bits per heavy atom. The number of rotatable bonds is 5. The summed E-state index contributed by atoms with van der Waals surface area (Å²) in [5.74, 6) is 0.196. The molecule has 29 heavy (non-hydrogen) atoms. The number of aromatic nitrogens is 1. The van der Waals surface area contributed by atoms with Crippen LogP contribution in [0.5, 0.6) is 5.75 Å². The van der Waals surface area contributed by atoms with Crippen molar-refractivity contribution in [3.63, 3.8) is 0 Å². The number of aromatic hydroxyl groups is 1. The van der Waals surface area contributed by atoms with Crippen LogP contribution in [0.3, 0.4) is 0 Å². The Hall–Kier alpha value is -2.28. The minimum absolute atomic E-state index is 0.0483. The van der Waals surface area contributed by atoms with Crippen LogP contribution in [-0.2, 0) is 4.79 Å². The Bertz CT molecular complexity index is 842. The molecule has 1 aromatic heterocycles. The van der Waals surface area contributed by atoms with Crippen molar-refractivity contribution in [3.05, 3.63) is 18.2 Å². The molecule has 0 bridgehead atoms. The minimum Gasteiger partial charge on any atom is -0.508 e. The van der Waals surface area contributed by atoms with Gasteiger partial charge < -0.3 is 19.7 Å². The summed E-state index contributed by atoms with van der Waals surface area (Å²) < 4.78 is 5.86. The van der Waals surface area contributed by atoms with E-state index in [4.69, 9.17) is 4.42 Å². The second-order valence-electron chi connectivity index (χ2n) is 8.51. The predicted octanol–water partition coefficient (Wildman–Crippen LogP) is 3.27. The molecule has 3 unspecified atom stereocenters. The summed E-state index contributed by atoms with van der Waals surface area (Å²) in [5.41, 5.74) is 1.23. The molecule has 4 rings (SSSR count). The number of nitrogens with zero attached hydrogens (tertiary/aromatic N) is 3. The number of carbonyl (C=O) groups is 1. The third-order valence-electron chi connectivity index (χ3n) is 6.46. The van der Waals surface area contributed by atoms with Gasteiger partial charge in [-0.25, -0.2) is 0 Å². The van der Waals surface area contributed by atoms with Crippen molar-refractivity contribution in [2.75, 3.05) is 24.5 Å². The summed E-state index contributed by atoms with van der Waals surface area (Å²) in [5, 5.41) is 12.8. The quantitative estimate of drug-likeness (QED) is 0.802. The lowest BCUT2D eigenvalue weighted by molar-refractivity contribution is -0.123. The number of piperidine rings is 2. The molecule has 0 aliphatic carbocycles. The number of phenolic OH excluding ortho intramolecular Hbond substituents is 1. The second-order valence-corrected chi connectivity index (χ2v) is 8.51. The molecular weight excluding hydrogens is 368 g/mol. The Labute approximate surface area is 172 Å². The van der Waals surface area contributed by atoms with Crippen LogP contribution >= 0.6 is 0 Å². The zero-order chi connectivity index (χ0) is 20.4. The molecule has 158 valence electrons. The van der Waals surface area contributed by atoms with E-state index in [2.05, 4.69) is 29.0 Å². The standard InChI is InChI=1S/C22H32N4O3/c1-15-6-5-7-16(2)25(15)13-11-23-21(28)19-8-3-4-12-26(19)22-24-18-10-9-17(27)14-20(18)29-22/h9-10,14-16,19,27H,3-8,11-13H2,1-2H3,(H,23,28). The fourth-order valence-corrected chi connectivity index (χ4v) is 4.80. The maximum atomic E-state index is 13.0. The molecule has 2 aromatic rings. The second kappa shape index (κ2) is 8.61. The molecule has 1 amide bonds. The third-order valence-corrected chi connectivity index (χ3v) is 6.46. The largest absolute Gasteiger partial charge is 0.508 e. The molecule has 1 aromatic carbocycles. The molecule has 0 saturated carbocycles. The van der Waals surface area contributed by atoms with E-state index >= 15 is 0 Å². The molecule has 2 saturated heterocycles. The molecule has 2 fully saturated rings. The van der Waals surface area contributed by atoms with E-state index in [0.29, 0.717) is 35.7 Å². The molecule has 2 N–H and O–H groups in total. The minimum atomic E-state index is -0.262. The van der Waals surface area contributed by atoms with E-state index in [1.54, 1.807) is 18.2 Å². The Balaban J connectivity index is 1.40. The number of anilines is 1. The van der Waals surface area contributed by atoms with E-state index in [-0.39, 0.29) is 17.7 Å². The van der Waals surface area contributed by atoms with Gasteiger partial charge >= 0.3 is 0 Å². The molecule has 0 spiro atoms. The molecule has 3 atom stereocenters. The van der Waals surface area contributed by atoms with E-state index < -0.39 is 0 Å². The summed E-state index contributed by atoms with van der Waals surface area (Å²) >= 11 is 0. The molecular formula is C22H32N4O3. The number of oxazole rings is 1. The van der Waals surface area contributed by atoms with Crippen molar-refractivity contribution < 1.29 is 14.3 Å². The average molecular weight is 401 g/mol. The van der Waals surface area contributed by atoms with Crippen LogP contribution in [0.1, 0.15) is 52.4 Å². The number of benzene rings is 1. The van der Waals surface area contributed by atoms with Crippen molar-refractivity contribution in [3.8, 4) is 5.75 Å². The van der Waals surface area contributed by atoms with E-state index in [1.165, 1.54) is 19.3 Å². The highest BCUT2D eigenvalue weighted by Gasteiger charge is 2.32. The van der Waals surface area contributed by atoms with Crippen LogP contribution in [-0.4, -0.2) is 58.7 Å². The van der Waals surface area contributed by atoms with E-state index in [9.17, 15) is 9.90 Å². The maximum absolute atomic E-state index is 13.0. The monoisotopic (exact) mass is 400 g/mol. The van der Waals surface area contributed by atoms with Gasteiger partial charge in [-0.1, -0.05) is 6.42 Å². The van der Waals surface area contributed by atoms with Gasteiger partial charge in [-0.05, 0) is 58.1 Å². The van der Waals surface area contributed by atoms with Gasteiger partial charge in [0.2, 0.25) is 5.91 Å². The van der Waals surface area contributed by atoms with Gasteiger partial charge in [-0.2, -0.15) is 4.98 Å². The summed E-state index contributed by atoms with van der Waals surface area (Å²) in [6, 6.07) is 6.25. The van der Waals surface area contributed by atoms with Crippen LogP contribution in [0.2, 0.25) is 0 Å². The van der Waals surface area contributed by atoms with Crippen LogP contribution in [0.15, 0.2) is 22.6 Å². The fourth-order valence-electron chi connectivity index (χ4n) is 4.80. The van der Waals surface area contributed by atoms with Crippen molar-refractivity contribution in [2.24, 2.45) is 0 Å². The summed E-state index contributed by atoms with van der Waals surface area (Å²) in [7, 11) is 0. The fraction of sp³-hybridized carbons (Fsp3) is 0.636. The maximum Gasteiger partial charge on any atom is 0.299 e. The highest BCUT2D eigenvalue weighted by molar-refractivity contribution is 5.85. The lowest BCUT2D eigenvalue weighted by atomic mass is 9.97. The van der Waals surface area contributed by atoms with Crippen LogP contribution in [0.4, 0.5) is 6.01 Å². The third kappa shape index (κ3) is 4.34. The summed E-state index contributed by atoms with van der Waals surface area (Å²) in [6.07, 6.45) is 6.60. The summed E-state index contributed by atoms with van der Waals surface area (Å²) in [6.45, 7) is 6.87. The predicted molar refractivity (Wildman–Crippen MR) is 113 cm³/mol. The Kier molecular flexibility index (Phi) is 5.94. The van der Waals surface area contributed by atoms with Gasteiger partial charge in [0.25, 0.3) is 6.01 Å². The molecule has 3 heterocycles. The highest BCUT2D eigenvalue weighted by Crippen LogP contribution is 2.29. The van der Waals surface area contributed by atoms with Crippen LogP contribution in [0.25, 0.3) is 11.1 Å². The first-order valence-corrected chi connectivity index (χ1v) is 10.9. The lowest BCUT2D eigenvalue weighted by Gasteiger charge is -2.39. The SMILES string of the molecule is CC1CCCC(C)N1CCNC(=O)C1CCCCN1c1nc2ccc(O)cc2o1. The molecule has 2 aliphatic heterocycles. The van der Waals surface area contributed by atoms with Crippen molar-refractivity contribution >= 4 is 23.0 Å². The number of fused-ring (bicyclic) bond motifs is 1. The van der Waals surface area contributed by atoms with Gasteiger partial charge in [0.05, 0.1) is 0 Å². The first-order valence-electron chi connectivity index (χ1n) is 10.9. The van der Waals surface area contributed by atoms with E-state index in [1.807, 2.05) is 4.90 Å². The number of hydrogen-bond donors (Lipinski definition) is 2. The van der Waals surface area contributed by atoms with Gasteiger partial charge in [-0.3, -0.25) is 9.69 Å². The topological polar surface area (TPSA) is 81.8 Å². The first-order chi connectivity index (χ1) is 14.0. The number of hydrogen-bond acceptors (Lipinski definition) is 6. The smallest absolute Gasteiger partial charge is 0.299 e. The molecule has 2 aliphatic rings. The number of likely N-dealkylation sites (tertiary alicyclic amines) is 1. The first kappa shape index (κ1) is 20.0. The number of nitrogens with one attached hydrogen (secondary N) is 1. The van der Waals surface area contributed by atoms with Crippen molar-refractivity contribution in [1.29, 1.82) is 0 Å². The molecule has 0 radical (unpaired) electrons. The number of amides is 1. The Morgan fingerprint density at radius 2 is 2.00 bits per heavy atom. The summed E-state index contributed by atoms with van der Waals surface area (Å²) in [4.78, 5) is 22.0. The van der Waals surface area contributed by atoms with Gasteiger partial charge in [0.15, 0.2) is 5.58 Å². The average Bonchev–Trinajstić information content (AvgIpc) is 3.13. The van der Waals surface area contributed by atoms with Gasteiger partial charge in [0, 0.05) is 37.8 Å². The van der Waals surface area contributed by atoms with Crippen LogP contribution in [0, 0.1) is 0 Å². The number of phenols is 1.